The van der Waals surface area contributed by atoms with Crippen LogP contribution >= 0.6 is 0 Å². The van der Waals surface area contributed by atoms with Crippen LogP contribution < -0.4 is 0 Å². The molecule has 10 heteroatoms. The quantitative estimate of drug-likeness (QED) is 0.0754. The Labute approximate surface area is 296 Å². The molecule has 0 amide bonds. The van der Waals surface area contributed by atoms with Gasteiger partial charge in [-0.25, -0.2) is 0 Å². The number of hydrogen-bond acceptors (Lipinski definition) is 8. The van der Waals surface area contributed by atoms with Gasteiger partial charge in [0.25, 0.3) is 10.1 Å². The van der Waals surface area contributed by atoms with Crippen LogP contribution in [0.3, 0.4) is 0 Å². The maximum Gasteiger partial charge on any atom is 0.295 e. The van der Waals surface area contributed by atoms with Crippen LogP contribution in [-0.2, 0) is 35.8 Å². The number of benzene rings is 5. The number of para-hydroxylation sites is 1. The highest BCUT2D eigenvalue weighted by Gasteiger charge is 2.18. The Morgan fingerprint density at radius 3 is 1.70 bits per heavy atom. The number of nitrogens with zero attached hydrogens (tertiary/aromatic N) is 2. The van der Waals surface area contributed by atoms with Crippen LogP contribution in [0.2, 0.25) is 0 Å². The van der Waals surface area contributed by atoms with Crippen molar-refractivity contribution < 1.29 is 33.4 Å². The van der Waals surface area contributed by atoms with Gasteiger partial charge in [-0.2, -0.15) is 13.5 Å². The Kier molecular flexibility index (Phi) is 15.9. The van der Waals surface area contributed by atoms with E-state index in [-0.39, 0.29) is 50.8 Å². The van der Waals surface area contributed by atoms with Crippen LogP contribution in [0.1, 0.15) is 88.8 Å². The second kappa shape index (κ2) is 19.3. The van der Waals surface area contributed by atoms with Crippen molar-refractivity contribution >= 4 is 32.3 Å². The highest BCUT2D eigenvalue weighted by Crippen LogP contribution is 2.39. The number of aryl methyl sites for hydroxylation is 2. The van der Waals surface area contributed by atoms with Crippen molar-refractivity contribution in [1.29, 1.82) is 0 Å². The second-order valence-electron chi connectivity index (χ2n) is 10.5. The van der Waals surface area contributed by atoms with Crippen molar-refractivity contribution in [2.24, 2.45) is 10.2 Å². The Balaban J connectivity index is 0.00000137. The number of rotatable bonds is 9. The van der Waals surface area contributed by atoms with Crippen molar-refractivity contribution in [3.63, 3.8) is 0 Å². The van der Waals surface area contributed by atoms with E-state index in [1.54, 1.807) is 30.3 Å². The van der Waals surface area contributed by atoms with Crippen molar-refractivity contribution in [2.75, 3.05) is 0 Å². The summed E-state index contributed by atoms with van der Waals surface area (Å²) in [5.41, 5.74) is 4.66. The van der Waals surface area contributed by atoms with E-state index in [0.717, 1.165) is 12.0 Å². The van der Waals surface area contributed by atoms with Crippen molar-refractivity contribution in [2.45, 2.75) is 86.0 Å². The molecule has 0 aromatic heterocycles. The molecule has 0 saturated carbocycles. The first kappa shape index (κ1) is 41.2. The maximum absolute atomic E-state index is 11.8. The van der Waals surface area contributed by atoms with E-state index in [9.17, 15) is 33.4 Å². The highest BCUT2D eigenvalue weighted by atomic mass is 32.2. The molecular formula is C40H50N2O7S. The van der Waals surface area contributed by atoms with Crippen molar-refractivity contribution in [3.05, 3.63) is 112 Å². The van der Waals surface area contributed by atoms with E-state index < -0.39 is 10.1 Å². The van der Waals surface area contributed by atoms with E-state index in [0.29, 0.717) is 46.3 Å². The fourth-order valence-corrected chi connectivity index (χ4v) is 5.92. The third-order valence-corrected chi connectivity index (χ3v) is 8.61. The van der Waals surface area contributed by atoms with Gasteiger partial charge in [0, 0.05) is 29.2 Å². The fourth-order valence-electron chi connectivity index (χ4n) is 5.22. The van der Waals surface area contributed by atoms with Crippen LogP contribution in [0.5, 0.6) is 23.0 Å². The van der Waals surface area contributed by atoms with Gasteiger partial charge in [0.2, 0.25) is 0 Å². The van der Waals surface area contributed by atoms with E-state index in [1.807, 2.05) is 73.6 Å². The summed E-state index contributed by atoms with van der Waals surface area (Å²) in [6.45, 7) is 15.9. The molecule has 5 aromatic rings. The molecular weight excluding hydrogens is 653 g/mol. The van der Waals surface area contributed by atoms with Gasteiger partial charge in [-0.3, -0.25) is 4.55 Å². The number of phenolic OH excluding ortho intramolecular Hbond substituents is 4. The highest BCUT2D eigenvalue weighted by molar-refractivity contribution is 7.86. The van der Waals surface area contributed by atoms with Gasteiger partial charge < -0.3 is 20.4 Å². The molecule has 0 bridgehead atoms. The third-order valence-electron chi connectivity index (χ3n) is 7.70. The minimum Gasteiger partial charge on any atom is -0.508 e. The molecule has 0 radical (unpaired) electrons. The van der Waals surface area contributed by atoms with Gasteiger partial charge in [0.05, 0.1) is 5.69 Å². The van der Waals surface area contributed by atoms with E-state index in [4.69, 9.17) is 0 Å². The zero-order valence-corrected chi connectivity index (χ0v) is 31.0. The van der Waals surface area contributed by atoms with Gasteiger partial charge in [0.1, 0.15) is 27.8 Å². The van der Waals surface area contributed by atoms with E-state index in [1.165, 1.54) is 30.3 Å². The molecule has 9 nitrogen and oxygen atoms in total. The Hall–Kier alpha value is -4.93. The fraction of sp³-hybridized carbons (Fsp3) is 0.300. The summed E-state index contributed by atoms with van der Waals surface area (Å²) in [7, 11) is -4.50. The normalized spacial score (nSPS) is 10.8. The third kappa shape index (κ3) is 9.83. The lowest BCUT2D eigenvalue weighted by molar-refractivity contribution is 0.456. The number of azo groups is 1. The van der Waals surface area contributed by atoms with E-state index in [2.05, 4.69) is 10.2 Å². The molecule has 0 spiro atoms. The molecule has 5 aromatic carbocycles. The SMILES string of the molecule is CC.CC.CC.CCc1ccc(Cc2cccc(Cc3cc(N=Nc4ccc5c(S(=O)(=O)O)cccc5c4O)c(CC)cc3O)c2O)c(O)c1. The largest absolute Gasteiger partial charge is 0.508 e. The standard InChI is InChI=1S/C34H32N2O7S.3C2H6/c1-3-20-11-12-22(30(37)15-20)16-23-7-5-8-24(33(23)39)17-25-18-29(21(4-2)19-31(25)38)36-35-28-14-13-26-27(34(28)40)9-6-10-32(26)44(41,42)43;3*1-2/h5-15,18-19,37-40H,3-4,16-17H2,1-2H3,(H,41,42,43);3*1-2H3. The molecule has 0 saturated heterocycles. The minimum atomic E-state index is -4.50. The first-order chi connectivity index (χ1) is 24.0. The maximum atomic E-state index is 11.8. The average Bonchev–Trinajstić information content (AvgIpc) is 3.13. The van der Waals surface area contributed by atoms with Crippen molar-refractivity contribution in [3.8, 4) is 23.0 Å². The number of fused-ring (bicyclic) bond motifs is 1. The van der Waals surface area contributed by atoms with Gasteiger partial charge in [-0.05, 0) is 71.0 Å². The van der Waals surface area contributed by atoms with Gasteiger partial charge in [-0.1, -0.05) is 104 Å². The zero-order chi connectivity index (χ0) is 37.6. The first-order valence-corrected chi connectivity index (χ1v) is 18.5. The molecule has 0 aliphatic carbocycles. The summed E-state index contributed by atoms with van der Waals surface area (Å²) in [5, 5.41) is 52.1. The predicted molar refractivity (Wildman–Crippen MR) is 202 cm³/mol. The van der Waals surface area contributed by atoms with Crippen molar-refractivity contribution in [1.82, 2.24) is 0 Å². The molecule has 0 heterocycles. The molecule has 5 rings (SSSR count). The molecule has 0 atom stereocenters. The molecule has 0 unspecified atom stereocenters. The predicted octanol–water partition coefficient (Wildman–Crippen LogP) is 10.7. The Morgan fingerprint density at radius 2 is 1.12 bits per heavy atom. The first-order valence-electron chi connectivity index (χ1n) is 17.1. The van der Waals surface area contributed by atoms with Crippen LogP contribution in [0.25, 0.3) is 10.8 Å². The summed E-state index contributed by atoms with van der Waals surface area (Å²) in [6.07, 6.45) is 1.86. The Bertz CT molecular complexity index is 2020. The lowest BCUT2D eigenvalue weighted by Gasteiger charge is -2.14. The lowest BCUT2D eigenvalue weighted by Crippen LogP contribution is -1.98. The van der Waals surface area contributed by atoms with Gasteiger partial charge in [0.15, 0.2) is 5.75 Å². The van der Waals surface area contributed by atoms with Gasteiger partial charge in [-0.15, -0.1) is 5.11 Å². The molecule has 0 aliphatic heterocycles. The molecule has 5 N–H and O–H groups in total. The summed E-state index contributed by atoms with van der Waals surface area (Å²) in [4.78, 5) is -0.330. The monoisotopic (exact) mass is 702 g/mol. The Morgan fingerprint density at radius 1 is 0.540 bits per heavy atom. The summed E-state index contributed by atoms with van der Waals surface area (Å²) >= 11 is 0. The van der Waals surface area contributed by atoms with Crippen LogP contribution in [0, 0.1) is 0 Å². The topological polar surface area (TPSA) is 160 Å². The average molecular weight is 703 g/mol. The minimum absolute atomic E-state index is 0.0321. The number of aromatic hydroxyl groups is 4. The summed E-state index contributed by atoms with van der Waals surface area (Å²) < 4.78 is 33.1. The molecule has 0 aliphatic rings. The lowest BCUT2D eigenvalue weighted by atomic mass is 9.95. The zero-order valence-electron chi connectivity index (χ0n) is 30.2. The summed E-state index contributed by atoms with van der Waals surface area (Å²) in [5.74, 6) is -0.0251. The summed E-state index contributed by atoms with van der Waals surface area (Å²) in [6, 6.07) is 21.2. The number of hydrogen-bond donors (Lipinski definition) is 5. The van der Waals surface area contributed by atoms with Crippen LogP contribution in [-0.4, -0.2) is 33.4 Å². The number of phenols is 4. The van der Waals surface area contributed by atoms with E-state index >= 15 is 0 Å². The van der Waals surface area contributed by atoms with Gasteiger partial charge >= 0.3 is 0 Å². The second-order valence-corrected chi connectivity index (χ2v) is 11.9. The molecule has 268 valence electrons. The van der Waals surface area contributed by atoms with Crippen LogP contribution in [0.15, 0.2) is 94.0 Å². The van der Waals surface area contributed by atoms with Crippen LogP contribution in [0.4, 0.5) is 11.4 Å². The smallest absolute Gasteiger partial charge is 0.295 e. The molecule has 50 heavy (non-hydrogen) atoms. The molecule has 0 fully saturated rings.